The van der Waals surface area contributed by atoms with Gasteiger partial charge in [0.2, 0.25) is 5.91 Å². The second-order valence-electron chi connectivity index (χ2n) is 5.51. The number of nitrogens with zero attached hydrogens (tertiary/aromatic N) is 2. The van der Waals surface area contributed by atoms with Crippen LogP contribution in [0.15, 0.2) is 22.9 Å². The van der Waals surface area contributed by atoms with E-state index in [1.807, 2.05) is 22.4 Å². The molecule has 6 nitrogen and oxygen atoms in total. The second kappa shape index (κ2) is 7.20. The van der Waals surface area contributed by atoms with Gasteiger partial charge in [-0.2, -0.15) is 0 Å². The molecular weight excluding hydrogens is 332 g/mol. The molecule has 0 aliphatic carbocycles. The molecule has 23 heavy (non-hydrogen) atoms. The summed E-state index contributed by atoms with van der Waals surface area (Å²) >= 11 is 3.10. The van der Waals surface area contributed by atoms with Crippen LogP contribution in [0.4, 0.5) is 0 Å². The molecule has 1 aliphatic heterocycles. The summed E-state index contributed by atoms with van der Waals surface area (Å²) in [5, 5.41) is 7.70. The van der Waals surface area contributed by atoms with Crippen LogP contribution in [0.25, 0.3) is 9.88 Å². The maximum Gasteiger partial charge on any atom is 0.270 e. The third-order valence-corrected chi connectivity index (χ3v) is 5.65. The Hall–Kier alpha value is -1.77. The van der Waals surface area contributed by atoms with Gasteiger partial charge in [-0.1, -0.05) is 6.07 Å². The summed E-state index contributed by atoms with van der Waals surface area (Å²) in [5.41, 5.74) is 5.67. The monoisotopic (exact) mass is 350 g/mol. The van der Waals surface area contributed by atoms with Crippen molar-refractivity contribution >= 4 is 34.5 Å². The van der Waals surface area contributed by atoms with Crippen LogP contribution in [-0.2, 0) is 4.79 Å². The number of primary amides is 1. The zero-order valence-electron chi connectivity index (χ0n) is 12.5. The number of piperidine rings is 1. The summed E-state index contributed by atoms with van der Waals surface area (Å²) < 4.78 is 0. The zero-order chi connectivity index (χ0) is 16.2. The standard InChI is InChI=1S/C15H18N4O2S2/c16-13(20)8-19-5-3-10(4-6-19)17-14(21)11-9-23-15(18-11)12-2-1-7-22-12/h1-2,7,9-10H,3-6,8H2,(H2,16,20)(H,17,21). The van der Waals surface area contributed by atoms with Crippen molar-refractivity contribution in [1.29, 1.82) is 0 Å². The van der Waals surface area contributed by atoms with E-state index in [-0.39, 0.29) is 24.4 Å². The van der Waals surface area contributed by atoms with Crippen molar-refractivity contribution in [2.75, 3.05) is 19.6 Å². The maximum atomic E-state index is 12.3. The van der Waals surface area contributed by atoms with Crippen LogP contribution < -0.4 is 11.1 Å². The predicted molar refractivity (Wildman–Crippen MR) is 91.5 cm³/mol. The van der Waals surface area contributed by atoms with Gasteiger partial charge in [0.1, 0.15) is 10.7 Å². The minimum atomic E-state index is -0.309. The molecule has 3 heterocycles. The summed E-state index contributed by atoms with van der Waals surface area (Å²) in [6.45, 7) is 1.83. The van der Waals surface area contributed by atoms with Crippen molar-refractivity contribution in [1.82, 2.24) is 15.2 Å². The van der Waals surface area contributed by atoms with E-state index in [1.165, 1.54) is 11.3 Å². The largest absolute Gasteiger partial charge is 0.369 e. The predicted octanol–water partition coefficient (Wildman–Crippen LogP) is 1.55. The van der Waals surface area contributed by atoms with E-state index < -0.39 is 0 Å². The number of carbonyl (C=O) groups is 2. The van der Waals surface area contributed by atoms with E-state index in [0.29, 0.717) is 5.69 Å². The van der Waals surface area contributed by atoms with E-state index in [0.717, 1.165) is 35.8 Å². The van der Waals surface area contributed by atoms with E-state index in [1.54, 1.807) is 16.7 Å². The Balaban J connectivity index is 1.53. The molecule has 0 spiro atoms. The summed E-state index contributed by atoms with van der Waals surface area (Å²) in [4.78, 5) is 30.7. The molecule has 1 aliphatic rings. The zero-order valence-corrected chi connectivity index (χ0v) is 14.2. The van der Waals surface area contributed by atoms with Crippen LogP contribution in [0, 0.1) is 0 Å². The van der Waals surface area contributed by atoms with Crippen LogP contribution >= 0.6 is 22.7 Å². The van der Waals surface area contributed by atoms with Gasteiger partial charge in [-0.25, -0.2) is 4.98 Å². The molecule has 2 aromatic rings. The summed E-state index contributed by atoms with van der Waals surface area (Å²) in [6, 6.07) is 4.10. The van der Waals surface area contributed by atoms with E-state index >= 15 is 0 Å². The van der Waals surface area contributed by atoms with Gasteiger partial charge in [-0.3, -0.25) is 14.5 Å². The highest BCUT2D eigenvalue weighted by molar-refractivity contribution is 7.20. The molecule has 0 saturated carbocycles. The van der Waals surface area contributed by atoms with Crippen molar-refractivity contribution in [3.05, 3.63) is 28.6 Å². The number of nitrogens with two attached hydrogens (primary N) is 1. The van der Waals surface area contributed by atoms with Crippen molar-refractivity contribution in [3.8, 4) is 9.88 Å². The molecule has 3 N–H and O–H groups in total. The number of thiazole rings is 1. The number of likely N-dealkylation sites (tertiary alicyclic amines) is 1. The summed E-state index contributed by atoms with van der Waals surface area (Å²) in [7, 11) is 0. The smallest absolute Gasteiger partial charge is 0.270 e. The van der Waals surface area contributed by atoms with Crippen LogP contribution in [-0.4, -0.2) is 47.4 Å². The number of amides is 2. The van der Waals surface area contributed by atoms with Crippen molar-refractivity contribution in [2.45, 2.75) is 18.9 Å². The number of hydrogen-bond donors (Lipinski definition) is 2. The highest BCUT2D eigenvalue weighted by Gasteiger charge is 2.22. The van der Waals surface area contributed by atoms with Crippen LogP contribution in [0.2, 0.25) is 0 Å². The highest BCUT2D eigenvalue weighted by Crippen LogP contribution is 2.27. The van der Waals surface area contributed by atoms with Gasteiger partial charge in [0.25, 0.3) is 5.91 Å². The van der Waals surface area contributed by atoms with Crippen molar-refractivity contribution < 1.29 is 9.59 Å². The fraction of sp³-hybridized carbons (Fsp3) is 0.400. The third-order valence-electron chi connectivity index (χ3n) is 3.77. The van der Waals surface area contributed by atoms with Gasteiger partial charge >= 0.3 is 0 Å². The Morgan fingerprint density at radius 2 is 2.13 bits per heavy atom. The minimum Gasteiger partial charge on any atom is -0.369 e. The second-order valence-corrected chi connectivity index (χ2v) is 7.31. The molecule has 1 saturated heterocycles. The van der Waals surface area contributed by atoms with Crippen molar-refractivity contribution in [2.24, 2.45) is 5.73 Å². The third kappa shape index (κ3) is 4.15. The van der Waals surface area contributed by atoms with Crippen LogP contribution in [0.3, 0.4) is 0 Å². The minimum absolute atomic E-state index is 0.124. The average molecular weight is 350 g/mol. The molecule has 0 atom stereocenters. The average Bonchev–Trinajstić information content (AvgIpc) is 3.19. The lowest BCUT2D eigenvalue weighted by Crippen LogP contribution is -2.46. The number of aromatic nitrogens is 1. The topological polar surface area (TPSA) is 88.3 Å². The first-order valence-corrected chi connectivity index (χ1v) is 9.18. The number of hydrogen-bond acceptors (Lipinski definition) is 6. The number of nitrogens with one attached hydrogen (secondary N) is 1. The Kier molecular flexibility index (Phi) is 5.04. The SMILES string of the molecule is NC(=O)CN1CCC(NC(=O)c2csc(-c3cccs3)n2)CC1. The van der Waals surface area contributed by atoms with Crippen LogP contribution in [0.5, 0.6) is 0 Å². The lowest BCUT2D eigenvalue weighted by molar-refractivity contribution is -0.119. The van der Waals surface area contributed by atoms with E-state index in [4.69, 9.17) is 5.73 Å². The molecule has 0 bridgehead atoms. The quantitative estimate of drug-likeness (QED) is 0.856. The number of thiophene rings is 1. The van der Waals surface area contributed by atoms with Gasteiger partial charge in [0.05, 0.1) is 11.4 Å². The van der Waals surface area contributed by atoms with Gasteiger partial charge in [-0.05, 0) is 24.3 Å². The molecule has 1 fully saturated rings. The van der Waals surface area contributed by atoms with Gasteiger partial charge in [0, 0.05) is 24.5 Å². The number of rotatable bonds is 5. The summed E-state index contributed by atoms with van der Waals surface area (Å²) in [6.07, 6.45) is 1.64. The van der Waals surface area contributed by atoms with Crippen LogP contribution in [0.1, 0.15) is 23.3 Å². The first kappa shape index (κ1) is 16.1. The molecule has 2 amide bonds. The highest BCUT2D eigenvalue weighted by atomic mass is 32.1. The Labute approximate surface area is 142 Å². The van der Waals surface area contributed by atoms with Gasteiger partial charge in [-0.15, -0.1) is 22.7 Å². The van der Waals surface area contributed by atoms with Gasteiger partial charge < -0.3 is 11.1 Å². The fourth-order valence-corrected chi connectivity index (χ4v) is 4.22. The first-order chi connectivity index (χ1) is 11.1. The Morgan fingerprint density at radius 1 is 1.35 bits per heavy atom. The lowest BCUT2D eigenvalue weighted by Gasteiger charge is -2.31. The normalized spacial score (nSPS) is 16.3. The fourth-order valence-electron chi connectivity index (χ4n) is 2.61. The maximum absolute atomic E-state index is 12.3. The molecule has 0 aromatic carbocycles. The lowest BCUT2D eigenvalue weighted by atomic mass is 10.0. The Bertz CT molecular complexity index is 675. The van der Waals surface area contributed by atoms with Gasteiger partial charge in [0.15, 0.2) is 0 Å². The van der Waals surface area contributed by atoms with Crippen molar-refractivity contribution in [3.63, 3.8) is 0 Å². The molecule has 2 aromatic heterocycles. The number of carbonyl (C=O) groups excluding carboxylic acids is 2. The molecular formula is C15H18N4O2S2. The van der Waals surface area contributed by atoms with E-state index in [2.05, 4.69) is 10.3 Å². The first-order valence-electron chi connectivity index (χ1n) is 7.43. The molecule has 8 heteroatoms. The molecule has 3 rings (SSSR count). The Morgan fingerprint density at radius 3 is 2.78 bits per heavy atom. The molecule has 0 radical (unpaired) electrons. The van der Waals surface area contributed by atoms with E-state index in [9.17, 15) is 9.59 Å². The molecule has 122 valence electrons. The molecule has 0 unspecified atom stereocenters. The summed E-state index contributed by atoms with van der Waals surface area (Å²) in [5.74, 6) is -0.437.